The topological polar surface area (TPSA) is 53.1 Å². The molecule has 0 radical (unpaired) electrons. The Kier molecular flexibility index (Phi) is 6.51. The van der Waals surface area contributed by atoms with Gasteiger partial charge < -0.3 is 14.5 Å². The molecule has 31 heavy (non-hydrogen) atoms. The summed E-state index contributed by atoms with van der Waals surface area (Å²) in [5.74, 6) is -0.697. The van der Waals surface area contributed by atoms with Gasteiger partial charge in [-0.05, 0) is 55.3 Å². The van der Waals surface area contributed by atoms with Gasteiger partial charge >= 0.3 is 5.97 Å². The van der Waals surface area contributed by atoms with E-state index in [9.17, 15) is 14.0 Å². The third-order valence-electron chi connectivity index (χ3n) is 6.24. The maximum Gasteiger partial charge on any atom is 0.337 e. The SMILES string of the molecule is COC(=O)c1cccc(C(=O)N2CCC[C@H](N3CCN(c4ccc(F)cc4)CC3)C2)c1. The third kappa shape index (κ3) is 4.88. The van der Waals surface area contributed by atoms with Crippen molar-refractivity contribution in [1.29, 1.82) is 0 Å². The summed E-state index contributed by atoms with van der Waals surface area (Å²) in [5.41, 5.74) is 1.95. The van der Waals surface area contributed by atoms with Crippen LogP contribution < -0.4 is 4.90 Å². The lowest BCUT2D eigenvalue weighted by molar-refractivity contribution is 0.0563. The Hall–Kier alpha value is -2.93. The second kappa shape index (κ2) is 9.47. The van der Waals surface area contributed by atoms with E-state index in [2.05, 4.69) is 9.80 Å². The normalized spacial score (nSPS) is 19.9. The summed E-state index contributed by atoms with van der Waals surface area (Å²) in [5, 5.41) is 0. The first-order chi connectivity index (χ1) is 15.0. The molecule has 2 saturated heterocycles. The molecule has 1 atom stereocenters. The van der Waals surface area contributed by atoms with E-state index in [0.717, 1.165) is 51.3 Å². The minimum atomic E-state index is -0.440. The first kappa shape index (κ1) is 21.3. The molecule has 7 heteroatoms. The largest absolute Gasteiger partial charge is 0.465 e. The van der Waals surface area contributed by atoms with Gasteiger partial charge in [0.1, 0.15) is 5.82 Å². The van der Waals surface area contributed by atoms with E-state index in [-0.39, 0.29) is 11.7 Å². The minimum absolute atomic E-state index is 0.0413. The van der Waals surface area contributed by atoms with Crippen molar-refractivity contribution in [2.24, 2.45) is 0 Å². The van der Waals surface area contributed by atoms with Crippen LogP contribution in [0.4, 0.5) is 10.1 Å². The number of ether oxygens (including phenoxy) is 1. The number of carbonyl (C=O) groups excluding carboxylic acids is 2. The van der Waals surface area contributed by atoms with Crippen LogP contribution in [0.2, 0.25) is 0 Å². The van der Waals surface area contributed by atoms with Gasteiger partial charge in [-0.15, -0.1) is 0 Å². The summed E-state index contributed by atoms with van der Waals surface area (Å²) in [6.07, 6.45) is 2.04. The number of halogens is 1. The highest BCUT2D eigenvalue weighted by Crippen LogP contribution is 2.22. The van der Waals surface area contributed by atoms with Crippen LogP contribution >= 0.6 is 0 Å². The number of esters is 1. The second-order valence-corrected chi connectivity index (χ2v) is 8.12. The molecule has 0 N–H and O–H groups in total. The zero-order chi connectivity index (χ0) is 21.8. The van der Waals surface area contributed by atoms with Crippen LogP contribution in [0.25, 0.3) is 0 Å². The van der Waals surface area contributed by atoms with E-state index in [1.54, 1.807) is 24.3 Å². The number of hydrogen-bond acceptors (Lipinski definition) is 5. The van der Waals surface area contributed by atoms with Crippen molar-refractivity contribution in [2.45, 2.75) is 18.9 Å². The van der Waals surface area contributed by atoms with Crippen LogP contribution in [0, 0.1) is 5.82 Å². The van der Waals surface area contributed by atoms with Crippen LogP contribution in [0.3, 0.4) is 0 Å². The van der Waals surface area contributed by atoms with E-state index in [1.165, 1.54) is 19.2 Å². The van der Waals surface area contributed by atoms with Gasteiger partial charge in [0.25, 0.3) is 5.91 Å². The Morgan fingerprint density at radius 3 is 2.39 bits per heavy atom. The van der Waals surface area contributed by atoms with Gasteiger partial charge in [-0.25, -0.2) is 9.18 Å². The Bertz CT molecular complexity index is 926. The predicted molar refractivity (Wildman–Crippen MR) is 117 cm³/mol. The van der Waals surface area contributed by atoms with Crippen LogP contribution in [-0.4, -0.2) is 74.1 Å². The molecule has 6 nitrogen and oxygen atoms in total. The summed E-state index contributed by atoms with van der Waals surface area (Å²) >= 11 is 0. The predicted octanol–water partition coefficient (Wildman–Crippen LogP) is 3.04. The Morgan fingerprint density at radius 2 is 1.68 bits per heavy atom. The lowest BCUT2D eigenvalue weighted by Crippen LogP contribution is -2.55. The minimum Gasteiger partial charge on any atom is -0.465 e. The smallest absolute Gasteiger partial charge is 0.337 e. The van der Waals surface area contributed by atoms with Crippen molar-refractivity contribution in [3.8, 4) is 0 Å². The molecule has 4 rings (SSSR count). The molecule has 2 aromatic carbocycles. The molecular formula is C24H28FN3O3. The number of piperazine rings is 1. The Labute approximate surface area is 182 Å². The number of rotatable bonds is 4. The van der Waals surface area contributed by atoms with Crippen LogP contribution in [0.5, 0.6) is 0 Å². The fraction of sp³-hybridized carbons (Fsp3) is 0.417. The van der Waals surface area contributed by atoms with Gasteiger partial charge in [0.15, 0.2) is 0 Å². The van der Waals surface area contributed by atoms with E-state index in [4.69, 9.17) is 4.74 Å². The number of likely N-dealkylation sites (tertiary alicyclic amines) is 1. The van der Waals surface area contributed by atoms with E-state index < -0.39 is 5.97 Å². The summed E-state index contributed by atoms with van der Waals surface area (Å²) in [6.45, 7) is 5.03. The van der Waals surface area contributed by atoms with Crippen LogP contribution in [0.1, 0.15) is 33.6 Å². The standard InChI is InChI=1S/C24H28FN3O3/c1-31-24(30)19-5-2-4-18(16-19)23(29)28-11-3-6-22(17-28)27-14-12-26(13-15-27)21-9-7-20(25)8-10-21/h2,4-5,7-10,16,22H,3,6,11-15,17H2,1H3/t22-/m0/s1. The van der Waals surface area contributed by atoms with E-state index in [1.807, 2.05) is 17.0 Å². The lowest BCUT2D eigenvalue weighted by atomic mass is 10.0. The summed E-state index contributed by atoms with van der Waals surface area (Å²) in [7, 11) is 1.34. The molecule has 1 amide bonds. The number of methoxy groups -OCH3 is 1. The zero-order valence-corrected chi connectivity index (χ0v) is 17.8. The third-order valence-corrected chi connectivity index (χ3v) is 6.24. The molecule has 0 aliphatic carbocycles. The molecule has 0 saturated carbocycles. The molecule has 2 heterocycles. The zero-order valence-electron chi connectivity index (χ0n) is 17.8. The summed E-state index contributed by atoms with van der Waals surface area (Å²) in [6, 6.07) is 13.7. The van der Waals surface area contributed by atoms with Gasteiger partial charge in [0, 0.05) is 56.6 Å². The average molecular weight is 426 g/mol. The highest BCUT2D eigenvalue weighted by molar-refractivity contribution is 5.98. The quantitative estimate of drug-likeness (QED) is 0.705. The first-order valence-electron chi connectivity index (χ1n) is 10.8. The maximum absolute atomic E-state index is 13.2. The Morgan fingerprint density at radius 1 is 0.968 bits per heavy atom. The highest BCUT2D eigenvalue weighted by atomic mass is 19.1. The molecular weight excluding hydrogens is 397 g/mol. The number of amides is 1. The number of carbonyl (C=O) groups is 2. The molecule has 0 unspecified atom stereocenters. The molecule has 0 spiro atoms. The van der Waals surface area contributed by atoms with Gasteiger partial charge in [0.2, 0.25) is 0 Å². The molecule has 2 aliphatic heterocycles. The van der Waals surface area contributed by atoms with Crippen LogP contribution in [0.15, 0.2) is 48.5 Å². The average Bonchev–Trinajstić information content (AvgIpc) is 2.84. The van der Waals surface area contributed by atoms with E-state index in [0.29, 0.717) is 23.7 Å². The summed E-state index contributed by atoms with van der Waals surface area (Å²) in [4.78, 5) is 31.5. The number of anilines is 1. The van der Waals surface area contributed by atoms with Crippen molar-refractivity contribution >= 4 is 17.6 Å². The maximum atomic E-state index is 13.2. The number of benzene rings is 2. The van der Waals surface area contributed by atoms with Crippen molar-refractivity contribution in [2.75, 3.05) is 51.3 Å². The summed E-state index contributed by atoms with van der Waals surface area (Å²) < 4.78 is 17.9. The number of hydrogen-bond donors (Lipinski definition) is 0. The van der Waals surface area contributed by atoms with Gasteiger partial charge in [-0.2, -0.15) is 0 Å². The number of piperidine rings is 1. The molecule has 0 aromatic heterocycles. The molecule has 164 valence electrons. The lowest BCUT2D eigenvalue weighted by Gasteiger charge is -2.44. The van der Waals surface area contributed by atoms with Gasteiger partial charge in [0.05, 0.1) is 12.7 Å². The highest BCUT2D eigenvalue weighted by Gasteiger charge is 2.30. The van der Waals surface area contributed by atoms with Gasteiger partial charge in [-0.1, -0.05) is 6.07 Å². The first-order valence-corrected chi connectivity index (χ1v) is 10.8. The van der Waals surface area contributed by atoms with Crippen molar-refractivity contribution in [3.63, 3.8) is 0 Å². The number of nitrogens with zero attached hydrogens (tertiary/aromatic N) is 3. The van der Waals surface area contributed by atoms with Crippen LogP contribution in [-0.2, 0) is 4.74 Å². The van der Waals surface area contributed by atoms with Crippen molar-refractivity contribution in [1.82, 2.24) is 9.80 Å². The molecule has 2 aliphatic rings. The molecule has 2 fully saturated rings. The monoisotopic (exact) mass is 425 g/mol. The fourth-order valence-electron chi connectivity index (χ4n) is 4.51. The van der Waals surface area contributed by atoms with Crippen molar-refractivity contribution in [3.05, 3.63) is 65.5 Å². The van der Waals surface area contributed by atoms with Crippen molar-refractivity contribution < 1.29 is 18.7 Å². The second-order valence-electron chi connectivity index (χ2n) is 8.12. The fourth-order valence-corrected chi connectivity index (χ4v) is 4.51. The molecule has 2 aromatic rings. The van der Waals surface area contributed by atoms with E-state index >= 15 is 0 Å². The van der Waals surface area contributed by atoms with Gasteiger partial charge in [-0.3, -0.25) is 9.69 Å². The molecule has 0 bridgehead atoms. The Balaban J connectivity index is 1.36.